The van der Waals surface area contributed by atoms with E-state index in [1.54, 1.807) is 43.3 Å². The molecule has 3 aromatic carbocycles. The van der Waals surface area contributed by atoms with E-state index < -0.39 is 35.9 Å². The van der Waals surface area contributed by atoms with Gasteiger partial charge in [-0.05, 0) is 53.9 Å². The van der Waals surface area contributed by atoms with E-state index in [0.717, 1.165) is 5.56 Å². The van der Waals surface area contributed by atoms with Crippen molar-refractivity contribution in [2.45, 2.75) is 25.9 Å². The van der Waals surface area contributed by atoms with Gasteiger partial charge in [0.25, 0.3) is 11.9 Å². The smallest absolute Gasteiger partial charge is 0.414 e. The molecule has 3 N–H and O–H groups in total. The number of carboxylic acid groups (broad SMARTS) is 1. The molecule has 0 bridgehead atoms. The van der Waals surface area contributed by atoms with Crippen LogP contribution in [0.2, 0.25) is 0 Å². The van der Waals surface area contributed by atoms with Gasteiger partial charge in [-0.3, -0.25) is 14.9 Å². The number of carbonyl (C=O) groups is 3. The predicted molar refractivity (Wildman–Crippen MR) is 137 cm³/mol. The SMILES string of the molecule is CC(OC(=O)Nc1onc(F)c1-c1ccc(C(=O)Nc2ccccc2C(C)C(=O)O)cc1)c1ccccc1. The van der Waals surface area contributed by atoms with Crippen molar-refractivity contribution in [3.63, 3.8) is 0 Å². The number of carbonyl (C=O) groups excluding carboxylic acids is 2. The third-order valence-electron chi connectivity index (χ3n) is 5.90. The Kier molecular flexibility index (Phi) is 7.81. The largest absolute Gasteiger partial charge is 0.481 e. The van der Waals surface area contributed by atoms with Gasteiger partial charge in [0.15, 0.2) is 0 Å². The molecule has 0 aliphatic heterocycles. The van der Waals surface area contributed by atoms with Crippen LogP contribution in [0.4, 0.5) is 20.8 Å². The van der Waals surface area contributed by atoms with E-state index in [-0.39, 0.29) is 17.0 Å². The standard InChI is InChI=1S/C28H24FN3O6/c1-16(27(34)35)21-10-6-7-11-22(21)30-25(33)20-14-12-19(13-15-20)23-24(29)32-38-26(23)31-28(36)37-17(2)18-8-4-3-5-9-18/h3-17H,1-2H3,(H,30,33)(H,31,36)(H,34,35). The number of nitrogens with zero attached hydrogens (tertiary/aromatic N) is 1. The van der Waals surface area contributed by atoms with Gasteiger partial charge in [0, 0.05) is 11.3 Å². The number of nitrogens with one attached hydrogen (secondary N) is 2. The van der Waals surface area contributed by atoms with Gasteiger partial charge in [0.2, 0.25) is 5.88 Å². The summed E-state index contributed by atoms with van der Waals surface area (Å²) in [5.74, 6) is -3.52. The summed E-state index contributed by atoms with van der Waals surface area (Å²) < 4.78 is 24.8. The number of rotatable bonds is 8. The maximum atomic E-state index is 14.5. The molecule has 38 heavy (non-hydrogen) atoms. The van der Waals surface area contributed by atoms with Crippen molar-refractivity contribution in [2.24, 2.45) is 0 Å². The Balaban J connectivity index is 1.47. The molecule has 0 saturated heterocycles. The van der Waals surface area contributed by atoms with Crippen LogP contribution in [0.3, 0.4) is 0 Å². The minimum atomic E-state index is -1.02. The van der Waals surface area contributed by atoms with Gasteiger partial charge < -0.3 is 19.7 Å². The third-order valence-corrected chi connectivity index (χ3v) is 5.90. The van der Waals surface area contributed by atoms with Crippen LogP contribution in [-0.2, 0) is 9.53 Å². The Hall–Kier alpha value is -4.99. The minimum absolute atomic E-state index is 0.109. The molecule has 4 rings (SSSR count). The van der Waals surface area contributed by atoms with E-state index in [9.17, 15) is 23.9 Å². The molecule has 0 radical (unpaired) electrons. The van der Waals surface area contributed by atoms with E-state index in [1.165, 1.54) is 31.2 Å². The second-order valence-corrected chi connectivity index (χ2v) is 8.44. The molecule has 4 aromatic rings. The quantitative estimate of drug-likeness (QED) is 0.252. The molecule has 0 saturated carbocycles. The first-order chi connectivity index (χ1) is 18.2. The van der Waals surface area contributed by atoms with Crippen LogP contribution >= 0.6 is 0 Å². The van der Waals surface area contributed by atoms with Gasteiger partial charge in [-0.1, -0.05) is 60.7 Å². The van der Waals surface area contributed by atoms with Crippen molar-refractivity contribution in [1.29, 1.82) is 0 Å². The number of halogens is 1. The summed E-state index contributed by atoms with van der Waals surface area (Å²) in [6, 6.07) is 21.6. The molecule has 0 fully saturated rings. The third kappa shape index (κ3) is 5.86. The van der Waals surface area contributed by atoms with Gasteiger partial charge in [-0.2, -0.15) is 4.39 Å². The van der Waals surface area contributed by atoms with Gasteiger partial charge in [-0.25, -0.2) is 4.79 Å². The van der Waals surface area contributed by atoms with Gasteiger partial charge in [-0.15, -0.1) is 0 Å². The molecular weight excluding hydrogens is 493 g/mol. The number of ether oxygens (including phenoxy) is 1. The Morgan fingerprint density at radius 3 is 2.26 bits per heavy atom. The zero-order valence-electron chi connectivity index (χ0n) is 20.5. The zero-order valence-corrected chi connectivity index (χ0v) is 20.5. The van der Waals surface area contributed by atoms with Gasteiger partial charge >= 0.3 is 12.1 Å². The second kappa shape index (κ2) is 11.4. The molecule has 194 valence electrons. The molecule has 0 aliphatic rings. The lowest BCUT2D eigenvalue weighted by Crippen LogP contribution is -2.16. The van der Waals surface area contributed by atoms with Crippen LogP contribution in [0.1, 0.15) is 47.4 Å². The highest BCUT2D eigenvalue weighted by atomic mass is 19.1. The fourth-order valence-electron chi connectivity index (χ4n) is 3.79. The van der Waals surface area contributed by atoms with E-state index in [2.05, 4.69) is 15.8 Å². The average Bonchev–Trinajstić information content (AvgIpc) is 3.28. The second-order valence-electron chi connectivity index (χ2n) is 8.44. The molecule has 9 nitrogen and oxygen atoms in total. The number of hydrogen-bond donors (Lipinski definition) is 3. The number of carboxylic acids is 1. The number of aromatic nitrogens is 1. The topological polar surface area (TPSA) is 131 Å². The molecule has 2 amide bonds. The molecule has 1 aromatic heterocycles. The summed E-state index contributed by atoms with van der Waals surface area (Å²) in [5.41, 5.74) is 2.04. The summed E-state index contributed by atoms with van der Waals surface area (Å²) >= 11 is 0. The number of aliphatic carboxylic acids is 1. The van der Waals surface area contributed by atoms with E-state index in [0.29, 0.717) is 16.8 Å². The van der Waals surface area contributed by atoms with Crippen LogP contribution in [0.15, 0.2) is 83.4 Å². The number of benzene rings is 3. The van der Waals surface area contributed by atoms with Gasteiger partial charge in [0.05, 0.1) is 5.92 Å². The molecule has 2 atom stereocenters. The molecule has 10 heteroatoms. The van der Waals surface area contributed by atoms with E-state index in [4.69, 9.17) is 9.26 Å². The predicted octanol–water partition coefficient (Wildman–Crippen LogP) is 6.23. The Labute approximate surface area is 217 Å². The first kappa shape index (κ1) is 26.1. The van der Waals surface area contributed by atoms with Gasteiger partial charge in [0.1, 0.15) is 11.7 Å². The first-order valence-electron chi connectivity index (χ1n) is 11.7. The van der Waals surface area contributed by atoms with Crippen molar-refractivity contribution >= 4 is 29.5 Å². The number of hydrogen-bond acceptors (Lipinski definition) is 6. The van der Waals surface area contributed by atoms with E-state index in [1.807, 2.05) is 18.2 Å². The Morgan fingerprint density at radius 2 is 1.58 bits per heavy atom. The molecule has 0 aliphatic carbocycles. The molecule has 1 heterocycles. The lowest BCUT2D eigenvalue weighted by Gasteiger charge is -2.14. The maximum absolute atomic E-state index is 14.5. The summed E-state index contributed by atoms with van der Waals surface area (Å²) in [5, 5.41) is 17.7. The van der Waals surface area contributed by atoms with Crippen LogP contribution < -0.4 is 10.6 Å². The van der Waals surface area contributed by atoms with Crippen LogP contribution in [-0.4, -0.2) is 28.2 Å². The highest BCUT2D eigenvalue weighted by Gasteiger charge is 2.23. The first-order valence-corrected chi connectivity index (χ1v) is 11.7. The van der Waals surface area contributed by atoms with Crippen molar-refractivity contribution in [1.82, 2.24) is 5.16 Å². The highest BCUT2D eigenvalue weighted by molar-refractivity contribution is 6.05. The normalized spacial score (nSPS) is 12.3. The average molecular weight is 518 g/mol. The summed E-state index contributed by atoms with van der Waals surface area (Å²) in [4.78, 5) is 36.6. The van der Waals surface area contributed by atoms with Crippen LogP contribution in [0.5, 0.6) is 0 Å². The lowest BCUT2D eigenvalue weighted by molar-refractivity contribution is -0.138. The van der Waals surface area contributed by atoms with Crippen molar-refractivity contribution in [3.05, 3.63) is 102 Å². The van der Waals surface area contributed by atoms with Crippen molar-refractivity contribution in [2.75, 3.05) is 10.6 Å². The zero-order chi connectivity index (χ0) is 27.2. The van der Waals surface area contributed by atoms with E-state index >= 15 is 0 Å². The fourth-order valence-corrected chi connectivity index (χ4v) is 3.79. The highest BCUT2D eigenvalue weighted by Crippen LogP contribution is 2.32. The Bertz CT molecular complexity index is 1450. The lowest BCUT2D eigenvalue weighted by atomic mass is 9.99. The number of amides is 2. The van der Waals surface area contributed by atoms with Crippen LogP contribution in [0.25, 0.3) is 11.1 Å². The van der Waals surface area contributed by atoms with Crippen molar-refractivity contribution < 1.29 is 33.1 Å². The Morgan fingerprint density at radius 1 is 0.921 bits per heavy atom. The number of anilines is 2. The summed E-state index contributed by atoms with van der Waals surface area (Å²) in [6.45, 7) is 3.22. The summed E-state index contributed by atoms with van der Waals surface area (Å²) in [7, 11) is 0. The fraction of sp³-hybridized carbons (Fsp3) is 0.143. The molecular formula is C28H24FN3O6. The maximum Gasteiger partial charge on any atom is 0.414 e. The molecule has 2 unspecified atom stereocenters. The van der Waals surface area contributed by atoms with Crippen LogP contribution in [0, 0.1) is 5.95 Å². The summed E-state index contributed by atoms with van der Waals surface area (Å²) in [6.07, 6.45) is -1.42. The van der Waals surface area contributed by atoms with Crippen molar-refractivity contribution in [3.8, 4) is 11.1 Å². The minimum Gasteiger partial charge on any atom is -0.481 e. The molecule has 0 spiro atoms. The number of para-hydroxylation sites is 1. The monoisotopic (exact) mass is 517 g/mol.